The average molecular weight is 275 g/mol. The van der Waals surface area contributed by atoms with Crippen LogP contribution in [0.25, 0.3) is 0 Å². The molecular formula is C19H31O. The molecule has 0 spiro atoms. The van der Waals surface area contributed by atoms with Gasteiger partial charge in [-0.2, -0.15) is 0 Å². The lowest BCUT2D eigenvalue weighted by Crippen LogP contribution is -2.17. The smallest absolute Gasteiger partial charge is 0.123 e. The first-order valence-electron chi connectivity index (χ1n) is 7.78. The van der Waals surface area contributed by atoms with Gasteiger partial charge in [0.1, 0.15) is 5.75 Å². The molecule has 1 rings (SSSR count). The lowest BCUT2D eigenvalue weighted by Gasteiger charge is -2.28. The van der Waals surface area contributed by atoms with Gasteiger partial charge in [-0.05, 0) is 40.4 Å². The Bertz CT molecular complexity index is 409. The molecular weight excluding hydrogens is 244 g/mol. The summed E-state index contributed by atoms with van der Waals surface area (Å²) in [6.07, 6.45) is 5.84. The Morgan fingerprint density at radius 3 is 1.75 bits per heavy atom. The lowest BCUT2D eigenvalue weighted by molar-refractivity contribution is 0.423. The number of phenolic OH excluding ortho intramolecular Hbond substituents is 1. The van der Waals surface area contributed by atoms with E-state index in [1.54, 1.807) is 0 Å². The summed E-state index contributed by atoms with van der Waals surface area (Å²) < 4.78 is 0. The average Bonchev–Trinajstić information content (AvgIpc) is 2.28. The highest BCUT2D eigenvalue weighted by atomic mass is 16.3. The van der Waals surface area contributed by atoms with E-state index in [2.05, 4.69) is 67.0 Å². The van der Waals surface area contributed by atoms with Gasteiger partial charge < -0.3 is 5.11 Å². The van der Waals surface area contributed by atoms with Crippen LogP contribution in [0.4, 0.5) is 0 Å². The first-order chi connectivity index (χ1) is 9.07. The molecule has 1 aromatic rings. The Kier molecular flexibility index (Phi) is 5.29. The summed E-state index contributed by atoms with van der Waals surface area (Å²) in [4.78, 5) is 0. The van der Waals surface area contributed by atoms with Crippen LogP contribution in [0.15, 0.2) is 12.1 Å². The van der Waals surface area contributed by atoms with E-state index in [0.717, 1.165) is 17.5 Å². The summed E-state index contributed by atoms with van der Waals surface area (Å²) in [7, 11) is 0. The van der Waals surface area contributed by atoms with Gasteiger partial charge in [0, 0.05) is 0 Å². The summed E-state index contributed by atoms with van der Waals surface area (Å²) in [6.45, 7) is 15.2. The Balaban J connectivity index is 3.28. The van der Waals surface area contributed by atoms with Crippen LogP contribution in [0.5, 0.6) is 5.75 Å². The SMILES string of the molecule is CCCC[CH]c1cc(C(C)(C)C)c(O)c(C(C)(C)C)c1. The Labute approximate surface area is 125 Å². The molecule has 0 amide bonds. The Morgan fingerprint density at radius 2 is 1.40 bits per heavy atom. The first-order valence-corrected chi connectivity index (χ1v) is 7.78. The quantitative estimate of drug-likeness (QED) is 0.696. The summed E-state index contributed by atoms with van der Waals surface area (Å²) in [5, 5.41) is 10.6. The highest BCUT2D eigenvalue weighted by Gasteiger charge is 2.26. The van der Waals surface area contributed by atoms with E-state index in [1.807, 2.05) is 0 Å². The number of benzene rings is 1. The summed E-state index contributed by atoms with van der Waals surface area (Å²) >= 11 is 0. The van der Waals surface area contributed by atoms with E-state index in [9.17, 15) is 5.11 Å². The predicted molar refractivity (Wildman–Crippen MR) is 88.4 cm³/mol. The van der Waals surface area contributed by atoms with E-state index in [4.69, 9.17) is 0 Å². The topological polar surface area (TPSA) is 20.2 Å². The number of unbranched alkanes of at least 4 members (excludes halogenated alkanes) is 2. The zero-order valence-corrected chi connectivity index (χ0v) is 14.3. The maximum atomic E-state index is 10.6. The van der Waals surface area contributed by atoms with Crippen LogP contribution in [0, 0.1) is 6.42 Å². The molecule has 1 heteroatoms. The van der Waals surface area contributed by atoms with Crippen molar-refractivity contribution in [2.75, 3.05) is 0 Å². The number of aromatic hydroxyl groups is 1. The molecule has 0 aliphatic carbocycles. The van der Waals surface area contributed by atoms with E-state index < -0.39 is 0 Å². The molecule has 0 atom stereocenters. The van der Waals surface area contributed by atoms with Crippen molar-refractivity contribution in [2.24, 2.45) is 0 Å². The maximum Gasteiger partial charge on any atom is 0.123 e. The van der Waals surface area contributed by atoms with Crippen molar-refractivity contribution >= 4 is 0 Å². The highest BCUT2D eigenvalue weighted by Crippen LogP contribution is 2.40. The molecule has 0 fully saturated rings. The van der Waals surface area contributed by atoms with Crippen molar-refractivity contribution in [2.45, 2.75) is 78.6 Å². The molecule has 1 N–H and O–H groups in total. The standard InChI is InChI=1S/C19H31O/c1-8-9-10-11-14-12-15(18(2,3)4)17(20)16(13-14)19(5,6)7/h11-13,20H,8-10H2,1-7H3. The van der Waals surface area contributed by atoms with Crippen LogP contribution in [-0.2, 0) is 10.8 Å². The first kappa shape index (κ1) is 17.1. The van der Waals surface area contributed by atoms with E-state index in [0.29, 0.717) is 5.75 Å². The molecule has 1 aromatic carbocycles. The molecule has 0 unspecified atom stereocenters. The molecule has 0 aliphatic heterocycles. The van der Waals surface area contributed by atoms with Gasteiger partial charge in [0.25, 0.3) is 0 Å². The van der Waals surface area contributed by atoms with Crippen molar-refractivity contribution in [3.05, 3.63) is 35.2 Å². The van der Waals surface area contributed by atoms with Crippen LogP contribution in [0.2, 0.25) is 0 Å². The predicted octanol–water partition coefficient (Wildman–Crippen LogP) is 5.73. The minimum absolute atomic E-state index is 0.0430. The van der Waals surface area contributed by atoms with Crippen molar-refractivity contribution in [3.63, 3.8) is 0 Å². The Morgan fingerprint density at radius 1 is 0.950 bits per heavy atom. The van der Waals surface area contributed by atoms with Gasteiger partial charge in [-0.1, -0.05) is 73.4 Å². The van der Waals surface area contributed by atoms with Gasteiger partial charge in [-0.15, -0.1) is 0 Å². The van der Waals surface area contributed by atoms with Gasteiger partial charge in [0.15, 0.2) is 0 Å². The molecule has 113 valence electrons. The van der Waals surface area contributed by atoms with Crippen molar-refractivity contribution in [1.29, 1.82) is 0 Å². The molecule has 0 saturated heterocycles. The van der Waals surface area contributed by atoms with Crippen LogP contribution in [-0.4, -0.2) is 5.11 Å². The minimum atomic E-state index is -0.0430. The fourth-order valence-electron chi connectivity index (χ4n) is 2.39. The van der Waals surface area contributed by atoms with E-state index in [1.165, 1.54) is 18.4 Å². The van der Waals surface area contributed by atoms with Gasteiger partial charge >= 0.3 is 0 Å². The molecule has 0 saturated carbocycles. The maximum absolute atomic E-state index is 10.6. The number of hydrogen-bond acceptors (Lipinski definition) is 1. The van der Waals surface area contributed by atoms with Crippen LogP contribution < -0.4 is 0 Å². The molecule has 1 nitrogen and oxygen atoms in total. The zero-order chi connectivity index (χ0) is 15.6. The van der Waals surface area contributed by atoms with Crippen LogP contribution in [0.3, 0.4) is 0 Å². The number of hydrogen-bond donors (Lipinski definition) is 1. The third-order valence-electron chi connectivity index (χ3n) is 3.69. The van der Waals surface area contributed by atoms with Crippen molar-refractivity contribution in [1.82, 2.24) is 0 Å². The molecule has 0 bridgehead atoms. The second-order valence-corrected chi connectivity index (χ2v) is 7.81. The summed E-state index contributed by atoms with van der Waals surface area (Å²) in [6, 6.07) is 4.31. The van der Waals surface area contributed by atoms with Gasteiger partial charge in [-0.25, -0.2) is 0 Å². The van der Waals surface area contributed by atoms with Gasteiger partial charge in [-0.3, -0.25) is 0 Å². The lowest BCUT2D eigenvalue weighted by atomic mass is 9.78. The van der Waals surface area contributed by atoms with E-state index >= 15 is 0 Å². The Hall–Kier alpha value is -0.980. The second kappa shape index (κ2) is 6.20. The summed E-state index contributed by atoms with van der Waals surface area (Å²) in [5.41, 5.74) is 3.25. The molecule has 1 radical (unpaired) electrons. The normalized spacial score (nSPS) is 12.8. The fraction of sp³-hybridized carbons (Fsp3) is 0.632. The monoisotopic (exact) mass is 275 g/mol. The van der Waals surface area contributed by atoms with Crippen molar-refractivity contribution in [3.8, 4) is 5.75 Å². The number of rotatable bonds is 4. The molecule has 0 aliphatic rings. The van der Waals surface area contributed by atoms with E-state index in [-0.39, 0.29) is 10.8 Å². The molecule has 20 heavy (non-hydrogen) atoms. The minimum Gasteiger partial charge on any atom is -0.507 e. The fourth-order valence-corrected chi connectivity index (χ4v) is 2.39. The largest absolute Gasteiger partial charge is 0.507 e. The third-order valence-corrected chi connectivity index (χ3v) is 3.69. The van der Waals surface area contributed by atoms with Crippen LogP contribution >= 0.6 is 0 Å². The zero-order valence-electron chi connectivity index (χ0n) is 14.3. The number of phenols is 1. The molecule has 0 aromatic heterocycles. The second-order valence-electron chi connectivity index (χ2n) is 7.81. The van der Waals surface area contributed by atoms with Gasteiger partial charge in [0.05, 0.1) is 0 Å². The third kappa shape index (κ3) is 4.26. The summed E-state index contributed by atoms with van der Waals surface area (Å²) in [5.74, 6) is 0.470. The van der Waals surface area contributed by atoms with Gasteiger partial charge in [0.2, 0.25) is 0 Å². The van der Waals surface area contributed by atoms with Crippen LogP contribution in [0.1, 0.15) is 84.4 Å². The van der Waals surface area contributed by atoms with Crippen molar-refractivity contribution < 1.29 is 5.11 Å². The highest BCUT2D eigenvalue weighted by molar-refractivity contribution is 5.51. The molecule has 0 heterocycles.